The van der Waals surface area contributed by atoms with Crippen LogP contribution in [0.1, 0.15) is 65.3 Å². The molecule has 4 aromatic rings. The molecule has 1 N–H and O–H groups in total. The molecule has 0 bridgehead atoms. The van der Waals surface area contributed by atoms with Crippen LogP contribution in [0.3, 0.4) is 0 Å². The Morgan fingerprint density at radius 1 is 1.04 bits per heavy atom. The number of hydrogen-bond acceptors (Lipinski definition) is 7. The smallest absolute Gasteiger partial charge is 0.260 e. The molecule has 6 rings (SSSR count). The van der Waals surface area contributed by atoms with E-state index in [1.54, 1.807) is 13.1 Å². The SMILES string of the molecule is CNC(=O)c1c(-c2ccc(C)cc2)oc2cc(N(C)S(C)(=O)=O)c([C@@H]3CCCN(S(=O)(=O)c4cnc5n4CCCCC5)C3)cc12. The minimum atomic E-state index is -3.86. The fourth-order valence-electron chi connectivity index (χ4n) is 6.50. The molecule has 1 amide bonds. The minimum absolute atomic E-state index is 0.164. The molecule has 1 saturated heterocycles. The summed E-state index contributed by atoms with van der Waals surface area (Å²) in [6, 6.07) is 11.1. The lowest BCUT2D eigenvalue weighted by atomic mass is 9.89. The van der Waals surface area contributed by atoms with Gasteiger partial charge in [-0.1, -0.05) is 36.2 Å². The molecule has 1 fully saturated rings. The molecule has 0 spiro atoms. The molecule has 2 aliphatic heterocycles. The largest absolute Gasteiger partial charge is 0.455 e. The highest BCUT2D eigenvalue weighted by atomic mass is 32.2. The number of aryl methyl sites for hydroxylation is 2. The molecule has 0 unspecified atom stereocenters. The molecule has 0 aliphatic carbocycles. The zero-order valence-corrected chi connectivity index (χ0v) is 27.7. The summed E-state index contributed by atoms with van der Waals surface area (Å²) in [5, 5.41) is 3.46. The van der Waals surface area contributed by atoms with Crippen LogP contribution in [0.5, 0.6) is 0 Å². The van der Waals surface area contributed by atoms with E-state index in [0.717, 1.165) is 43.3 Å². The third kappa shape index (κ3) is 5.77. The Labute approximate surface area is 264 Å². The average Bonchev–Trinajstić information content (AvgIpc) is 3.53. The summed E-state index contributed by atoms with van der Waals surface area (Å²) in [5.74, 6) is 0.504. The van der Waals surface area contributed by atoms with Crippen molar-refractivity contribution < 1.29 is 26.0 Å². The lowest BCUT2D eigenvalue weighted by Gasteiger charge is -2.34. The van der Waals surface area contributed by atoms with Gasteiger partial charge in [0.1, 0.15) is 17.2 Å². The van der Waals surface area contributed by atoms with E-state index in [0.29, 0.717) is 65.0 Å². The van der Waals surface area contributed by atoms with Gasteiger partial charge in [-0.15, -0.1) is 0 Å². The summed E-state index contributed by atoms with van der Waals surface area (Å²) in [6.07, 6.45) is 7.51. The van der Waals surface area contributed by atoms with E-state index in [1.807, 2.05) is 41.8 Å². The first kappa shape index (κ1) is 31.3. The van der Waals surface area contributed by atoms with E-state index in [9.17, 15) is 21.6 Å². The number of carbonyl (C=O) groups is 1. The van der Waals surface area contributed by atoms with Gasteiger partial charge in [-0.25, -0.2) is 21.8 Å². The molecule has 2 aromatic heterocycles. The van der Waals surface area contributed by atoms with Crippen LogP contribution in [0.2, 0.25) is 0 Å². The van der Waals surface area contributed by atoms with Crippen LogP contribution in [0, 0.1) is 6.92 Å². The molecule has 11 nitrogen and oxygen atoms in total. The summed E-state index contributed by atoms with van der Waals surface area (Å²) in [7, 11) is -4.53. The first-order chi connectivity index (χ1) is 21.4. The van der Waals surface area contributed by atoms with Gasteiger partial charge in [0.05, 0.1) is 23.7 Å². The number of sulfonamides is 2. The number of nitrogens with zero attached hydrogens (tertiary/aromatic N) is 4. The van der Waals surface area contributed by atoms with Gasteiger partial charge in [0.25, 0.3) is 15.9 Å². The second kappa shape index (κ2) is 11.9. The molecule has 240 valence electrons. The van der Waals surface area contributed by atoms with Crippen molar-refractivity contribution in [3.63, 3.8) is 0 Å². The minimum Gasteiger partial charge on any atom is -0.455 e. The van der Waals surface area contributed by atoms with Crippen molar-refractivity contribution in [2.75, 3.05) is 37.7 Å². The molecule has 2 aromatic carbocycles. The normalized spacial score (nSPS) is 18.0. The summed E-state index contributed by atoms with van der Waals surface area (Å²) in [5.41, 5.74) is 3.50. The second-order valence-electron chi connectivity index (χ2n) is 12.1. The molecule has 2 aliphatic rings. The maximum atomic E-state index is 14.1. The number of nitrogens with one attached hydrogen (secondary N) is 1. The second-order valence-corrected chi connectivity index (χ2v) is 16.0. The number of piperidine rings is 1. The monoisotopic (exact) mass is 653 g/mol. The van der Waals surface area contributed by atoms with Gasteiger partial charge in [-0.2, -0.15) is 4.31 Å². The van der Waals surface area contributed by atoms with Crippen LogP contribution >= 0.6 is 0 Å². The van der Waals surface area contributed by atoms with Gasteiger partial charge in [0.2, 0.25) is 10.0 Å². The third-order valence-electron chi connectivity index (χ3n) is 9.05. The molecule has 45 heavy (non-hydrogen) atoms. The van der Waals surface area contributed by atoms with Gasteiger partial charge in [0, 0.05) is 57.2 Å². The van der Waals surface area contributed by atoms with Crippen LogP contribution in [0.25, 0.3) is 22.3 Å². The van der Waals surface area contributed by atoms with Gasteiger partial charge in [0.15, 0.2) is 5.03 Å². The third-order valence-corrected chi connectivity index (χ3v) is 12.1. The number of amides is 1. The quantitative estimate of drug-likeness (QED) is 0.307. The number of imidazole rings is 1. The zero-order valence-electron chi connectivity index (χ0n) is 26.0. The van der Waals surface area contributed by atoms with Crippen molar-refractivity contribution in [2.24, 2.45) is 0 Å². The van der Waals surface area contributed by atoms with Crippen LogP contribution in [0.4, 0.5) is 5.69 Å². The lowest BCUT2D eigenvalue weighted by molar-refractivity contribution is 0.0964. The number of anilines is 1. The number of hydrogen-bond donors (Lipinski definition) is 1. The number of carbonyl (C=O) groups excluding carboxylic acids is 1. The van der Waals surface area contributed by atoms with Crippen LogP contribution in [-0.2, 0) is 33.0 Å². The Kier molecular flexibility index (Phi) is 8.29. The van der Waals surface area contributed by atoms with E-state index in [-0.39, 0.29) is 23.4 Å². The molecule has 4 heterocycles. The predicted octanol–water partition coefficient (Wildman–Crippen LogP) is 4.65. The zero-order chi connectivity index (χ0) is 32.1. The summed E-state index contributed by atoms with van der Waals surface area (Å²) in [4.78, 5) is 17.8. The highest BCUT2D eigenvalue weighted by Gasteiger charge is 2.36. The number of rotatable bonds is 7. The van der Waals surface area contributed by atoms with Crippen molar-refractivity contribution in [1.82, 2.24) is 19.2 Å². The number of furan rings is 1. The van der Waals surface area contributed by atoms with Gasteiger partial charge in [-0.05, 0) is 50.2 Å². The Hall–Kier alpha value is -3.68. The molecule has 0 radical (unpaired) electrons. The fraction of sp³-hybridized carbons (Fsp3) is 0.438. The summed E-state index contributed by atoms with van der Waals surface area (Å²) >= 11 is 0. The standard InChI is InChI=1S/C32H39N5O6S2/c1-21-11-13-22(14-12-21)31-30(32(38)33-2)25-17-24(26(18-27(25)43-31)35(3)44(4,39)40)23-9-8-15-36(20-23)45(41,42)29-19-34-28-10-6-5-7-16-37(28)29/h11-14,17-19,23H,5-10,15-16,20H2,1-4H3,(H,33,38)/t23-/m1/s1. The lowest BCUT2D eigenvalue weighted by Crippen LogP contribution is -2.40. The predicted molar refractivity (Wildman–Crippen MR) is 174 cm³/mol. The Bertz CT molecular complexity index is 1980. The van der Waals surface area contributed by atoms with Crippen LogP contribution in [-0.4, -0.2) is 70.0 Å². The van der Waals surface area contributed by atoms with Crippen molar-refractivity contribution in [3.05, 3.63) is 65.1 Å². The maximum absolute atomic E-state index is 14.1. The van der Waals surface area contributed by atoms with Crippen LogP contribution in [0.15, 0.2) is 52.0 Å². The fourth-order valence-corrected chi connectivity index (χ4v) is 8.69. The van der Waals surface area contributed by atoms with E-state index in [1.165, 1.54) is 21.9 Å². The van der Waals surface area contributed by atoms with Gasteiger partial charge in [-0.3, -0.25) is 9.10 Å². The maximum Gasteiger partial charge on any atom is 0.260 e. The van der Waals surface area contributed by atoms with Crippen LogP contribution < -0.4 is 9.62 Å². The van der Waals surface area contributed by atoms with Gasteiger partial charge >= 0.3 is 0 Å². The number of fused-ring (bicyclic) bond motifs is 2. The van der Waals surface area contributed by atoms with E-state index in [4.69, 9.17) is 4.42 Å². The first-order valence-electron chi connectivity index (χ1n) is 15.3. The highest BCUT2D eigenvalue weighted by Crippen LogP contribution is 2.42. The van der Waals surface area contributed by atoms with Gasteiger partial charge < -0.3 is 14.3 Å². The Morgan fingerprint density at radius 3 is 2.51 bits per heavy atom. The van der Waals surface area contributed by atoms with Crippen molar-refractivity contribution in [2.45, 2.75) is 62.9 Å². The van der Waals surface area contributed by atoms with Crippen molar-refractivity contribution in [3.8, 4) is 11.3 Å². The van der Waals surface area contributed by atoms with E-state index < -0.39 is 20.0 Å². The average molecular weight is 654 g/mol. The molecular weight excluding hydrogens is 615 g/mol. The van der Waals surface area contributed by atoms with Crippen molar-refractivity contribution >= 4 is 42.6 Å². The number of aromatic nitrogens is 2. The molecule has 1 atom stereocenters. The van der Waals surface area contributed by atoms with E-state index in [2.05, 4.69) is 10.3 Å². The Balaban J connectivity index is 1.47. The topological polar surface area (TPSA) is 135 Å². The summed E-state index contributed by atoms with van der Waals surface area (Å²) in [6.45, 7) is 3.11. The molecular formula is C32H39N5O6S2. The summed E-state index contributed by atoms with van der Waals surface area (Å²) < 4.78 is 64.6. The first-order valence-corrected chi connectivity index (χ1v) is 18.6. The van der Waals surface area contributed by atoms with E-state index >= 15 is 0 Å². The molecule has 13 heteroatoms. The molecule has 0 saturated carbocycles. The number of benzene rings is 2. The van der Waals surface area contributed by atoms with Crippen molar-refractivity contribution in [1.29, 1.82) is 0 Å². The highest BCUT2D eigenvalue weighted by molar-refractivity contribution is 7.92. The Morgan fingerprint density at radius 2 is 1.80 bits per heavy atom.